The lowest BCUT2D eigenvalue weighted by Gasteiger charge is -2.25. The molecule has 5 heteroatoms. The number of rotatable bonds is 5. The molecule has 0 saturated heterocycles. The zero-order valence-corrected chi connectivity index (χ0v) is 35.8. The molecule has 0 N–H and O–H groups in total. The molecule has 0 bridgehead atoms. The van der Waals surface area contributed by atoms with Gasteiger partial charge in [0.05, 0.1) is 11.0 Å². The predicted molar refractivity (Wildman–Crippen MR) is 238 cm³/mol. The molecule has 0 aliphatic heterocycles. The first kappa shape index (κ1) is 38.2. The van der Waals surface area contributed by atoms with Crippen LogP contribution in [0.2, 0.25) is 0 Å². The van der Waals surface area contributed by atoms with Gasteiger partial charge in [-0.2, -0.15) is 9.13 Å². The Kier molecular flexibility index (Phi) is 9.03. The van der Waals surface area contributed by atoms with Crippen molar-refractivity contribution in [2.24, 2.45) is 0 Å². The molecule has 8 rings (SSSR count). The van der Waals surface area contributed by atoms with Crippen molar-refractivity contribution in [3.8, 4) is 28.7 Å². The van der Waals surface area contributed by atoms with Crippen LogP contribution in [0.15, 0.2) is 128 Å². The van der Waals surface area contributed by atoms with Crippen LogP contribution in [-0.2, 0) is 21.7 Å². The van der Waals surface area contributed by atoms with E-state index in [1.54, 1.807) is 0 Å². The lowest BCUT2D eigenvalue weighted by Crippen LogP contribution is -2.31. The highest BCUT2D eigenvalue weighted by Crippen LogP contribution is 2.40. The van der Waals surface area contributed by atoms with Gasteiger partial charge in [-0.1, -0.05) is 126 Å². The number of hydrogen-bond acceptors (Lipinski definition) is 2. The molecule has 0 unspecified atom stereocenters. The topological polar surface area (TPSA) is 35.9 Å². The van der Waals surface area contributed by atoms with E-state index in [9.17, 15) is 0 Å². The lowest BCUT2D eigenvalue weighted by molar-refractivity contribution is -0.567. The Morgan fingerprint density at radius 3 is 1.82 bits per heavy atom. The number of ether oxygens (including phenoxy) is 1. The molecule has 8 aromatic rings. The van der Waals surface area contributed by atoms with Crippen LogP contribution < -0.4 is 9.30 Å². The van der Waals surface area contributed by atoms with Crippen molar-refractivity contribution < 1.29 is 9.30 Å². The molecule has 290 valence electrons. The Bertz CT molecular complexity index is 2770. The molecule has 0 saturated carbocycles. The Labute approximate surface area is 338 Å². The first-order valence-electron chi connectivity index (χ1n) is 20.3. The van der Waals surface area contributed by atoms with Crippen LogP contribution in [0.4, 0.5) is 0 Å². The molecular formula is C52H57N4O+. The average molecular weight is 754 g/mol. The minimum absolute atomic E-state index is 0.00472. The van der Waals surface area contributed by atoms with Crippen LogP contribution in [0.25, 0.3) is 50.0 Å². The minimum Gasteiger partial charge on any atom is -0.457 e. The number of hydrogen-bond donors (Lipinski definition) is 0. The van der Waals surface area contributed by atoms with Crippen molar-refractivity contribution in [3.05, 3.63) is 150 Å². The molecule has 3 aromatic heterocycles. The number of pyridine rings is 1. The Balaban J connectivity index is 1.28. The number of benzene rings is 5. The average Bonchev–Trinajstić information content (AvgIpc) is 3.69. The summed E-state index contributed by atoms with van der Waals surface area (Å²) in [5, 5.41) is 2.36. The van der Waals surface area contributed by atoms with Gasteiger partial charge in [-0.3, -0.25) is 4.57 Å². The number of imidazole rings is 1. The molecular weight excluding hydrogens is 697 g/mol. The highest BCUT2D eigenvalue weighted by atomic mass is 16.5. The zero-order valence-electron chi connectivity index (χ0n) is 35.8. The van der Waals surface area contributed by atoms with Crippen LogP contribution in [0.5, 0.6) is 11.5 Å². The van der Waals surface area contributed by atoms with E-state index in [1.807, 2.05) is 6.20 Å². The highest BCUT2D eigenvalue weighted by Gasteiger charge is 2.27. The summed E-state index contributed by atoms with van der Waals surface area (Å²) in [7, 11) is 0. The summed E-state index contributed by atoms with van der Waals surface area (Å²) in [4.78, 5) is 4.90. The second-order valence-corrected chi connectivity index (χ2v) is 19.8. The molecule has 0 radical (unpaired) electrons. The zero-order chi connectivity index (χ0) is 40.7. The third kappa shape index (κ3) is 7.14. The van der Waals surface area contributed by atoms with E-state index in [1.165, 1.54) is 27.5 Å². The Hall–Kier alpha value is -5.68. The van der Waals surface area contributed by atoms with Gasteiger partial charge in [-0.15, -0.1) is 0 Å². The molecule has 0 fully saturated rings. The predicted octanol–water partition coefficient (Wildman–Crippen LogP) is 13.4. The first-order valence-corrected chi connectivity index (χ1v) is 20.3. The van der Waals surface area contributed by atoms with Gasteiger partial charge in [0, 0.05) is 34.7 Å². The smallest absolute Gasteiger partial charge is 0.255 e. The highest BCUT2D eigenvalue weighted by molar-refractivity contribution is 6.09. The van der Waals surface area contributed by atoms with Crippen molar-refractivity contribution in [1.82, 2.24) is 14.1 Å². The summed E-state index contributed by atoms with van der Waals surface area (Å²) in [5.74, 6) is 2.52. The summed E-state index contributed by atoms with van der Waals surface area (Å²) < 4.78 is 13.9. The maximum atomic E-state index is 7.03. The largest absolute Gasteiger partial charge is 0.457 e. The fourth-order valence-corrected chi connectivity index (χ4v) is 7.90. The van der Waals surface area contributed by atoms with Crippen LogP contribution in [0, 0.1) is 0 Å². The SMILES string of the molecule is CC(C)(C)c1cc(-[n+]2cn(-c3ccc(C(C)(C)C)c(Oc4ccc5c6ccccc6n(-c6cc(C(C)(C)C)ccn6)c5c4)c3)c3ccccc32)cc(C(C)(C)C)c1. The molecule has 3 heterocycles. The van der Waals surface area contributed by atoms with Gasteiger partial charge in [0.2, 0.25) is 0 Å². The van der Waals surface area contributed by atoms with Gasteiger partial charge in [0.25, 0.3) is 6.33 Å². The minimum atomic E-state index is -0.153. The van der Waals surface area contributed by atoms with Gasteiger partial charge in [-0.25, -0.2) is 4.98 Å². The van der Waals surface area contributed by atoms with Crippen LogP contribution >= 0.6 is 0 Å². The molecule has 0 amide bonds. The Morgan fingerprint density at radius 1 is 0.526 bits per heavy atom. The van der Waals surface area contributed by atoms with E-state index < -0.39 is 0 Å². The van der Waals surface area contributed by atoms with Crippen molar-refractivity contribution in [1.29, 1.82) is 0 Å². The maximum absolute atomic E-state index is 7.03. The second-order valence-electron chi connectivity index (χ2n) is 19.8. The van der Waals surface area contributed by atoms with E-state index in [0.29, 0.717) is 0 Å². The van der Waals surface area contributed by atoms with Crippen molar-refractivity contribution in [3.63, 3.8) is 0 Å². The summed E-state index contributed by atoms with van der Waals surface area (Å²) >= 11 is 0. The number of fused-ring (bicyclic) bond motifs is 4. The number of nitrogens with zero attached hydrogens (tertiary/aromatic N) is 4. The fraction of sp³-hybridized carbons (Fsp3) is 0.308. The molecule has 0 atom stereocenters. The fourth-order valence-electron chi connectivity index (χ4n) is 7.90. The standard InChI is InChI=1S/C52H57N4O/c1-49(2,3)34-25-26-53-48(30-34)56-43-18-14-13-17-40(43)41-23-22-39(32-46(41)56)57-47-31-37(21-24-42(47)52(10,11)12)54-33-55(45-20-16-15-19-44(45)54)38-28-35(50(4,5)6)27-36(29-38)51(7,8)9/h13-33H,1-12H3/q+1. The normalized spacial score (nSPS) is 12.9. The van der Waals surface area contributed by atoms with E-state index >= 15 is 0 Å². The van der Waals surface area contributed by atoms with Gasteiger partial charge in [-0.05, 0) is 99.0 Å². The van der Waals surface area contributed by atoms with E-state index in [-0.39, 0.29) is 21.7 Å². The van der Waals surface area contributed by atoms with Gasteiger partial charge in [0.1, 0.15) is 28.7 Å². The van der Waals surface area contributed by atoms with Crippen molar-refractivity contribution >= 4 is 32.8 Å². The summed E-state index contributed by atoms with van der Waals surface area (Å²) in [5.41, 5.74) is 11.6. The third-order valence-corrected chi connectivity index (χ3v) is 11.3. The van der Waals surface area contributed by atoms with Crippen LogP contribution in [-0.4, -0.2) is 14.1 Å². The molecule has 5 nitrogen and oxygen atoms in total. The van der Waals surface area contributed by atoms with Gasteiger partial charge >= 0.3 is 0 Å². The lowest BCUT2D eigenvalue weighted by atomic mass is 9.80. The number of para-hydroxylation sites is 3. The first-order chi connectivity index (χ1) is 26.8. The second kappa shape index (κ2) is 13.5. The van der Waals surface area contributed by atoms with E-state index in [0.717, 1.165) is 56.3 Å². The maximum Gasteiger partial charge on any atom is 0.255 e. The van der Waals surface area contributed by atoms with Gasteiger partial charge in [0.15, 0.2) is 11.0 Å². The van der Waals surface area contributed by atoms with E-state index in [4.69, 9.17) is 9.72 Å². The monoisotopic (exact) mass is 753 g/mol. The quantitative estimate of drug-likeness (QED) is 0.164. The van der Waals surface area contributed by atoms with Crippen LogP contribution in [0.1, 0.15) is 105 Å². The third-order valence-electron chi connectivity index (χ3n) is 11.3. The summed E-state index contributed by atoms with van der Waals surface area (Å²) in [6.07, 6.45) is 4.16. The van der Waals surface area contributed by atoms with Crippen molar-refractivity contribution in [2.75, 3.05) is 0 Å². The summed E-state index contributed by atoms with van der Waals surface area (Å²) in [6, 6.07) is 41.8. The molecule has 5 aromatic carbocycles. The summed E-state index contributed by atoms with van der Waals surface area (Å²) in [6.45, 7) is 27.2. The molecule has 0 aliphatic rings. The van der Waals surface area contributed by atoms with Crippen LogP contribution in [0.3, 0.4) is 0 Å². The Morgan fingerprint density at radius 2 is 1.16 bits per heavy atom. The van der Waals surface area contributed by atoms with E-state index in [2.05, 4.69) is 218 Å². The van der Waals surface area contributed by atoms with Crippen molar-refractivity contribution in [2.45, 2.75) is 105 Å². The molecule has 57 heavy (non-hydrogen) atoms. The molecule has 0 aliphatic carbocycles. The van der Waals surface area contributed by atoms with Gasteiger partial charge < -0.3 is 4.74 Å². The number of aromatic nitrogens is 4. The molecule has 0 spiro atoms.